The van der Waals surface area contributed by atoms with Gasteiger partial charge in [0.15, 0.2) is 5.82 Å². The molecule has 0 aliphatic heterocycles. The third-order valence-electron chi connectivity index (χ3n) is 2.29. The van der Waals surface area contributed by atoms with E-state index < -0.39 is 0 Å². The van der Waals surface area contributed by atoms with Crippen LogP contribution in [0, 0.1) is 0 Å². The maximum Gasteiger partial charge on any atom is 0.164 e. The number of halogens is 1. The molecule has 0 amide bonds. The summed E-state index contributed by atoms with van der Waals surface area (Å²) in [6.45, 7) is 4.54. The second-order valence-corrected chi connectivity index (χ2v) is 5.13. The molecule has 0 unspecified atom stereocenters. The van der Waals surface area contributed by atoms with Crippen LogP contribution in [0.1, 0.15) is 24.0 Å². The van der Waals surface area contributed by atoms with Gasteiger partial charge in [0, 0.05) is 4.88 Å². The van der Waals surface area contributed by atoms with Crippen molar-refractivity contribution < 1.29 is 0 Å². The summed E-state index contributed by atoms with van der Waals surface area (Å²) in [6.07, 6.45) is 2.87. The van der Waals surface area contributed by atoms with Crippen molar-refractivity contribution in [2.24, 2.45) is 0 Å². The van der Waals surface area contributed by atoms with Gasteiger partial charge in [0.25, 0.3) is 0 Å². The van der Waals surface area contributed by atoms with Crippen LogP contribution >= 0.6 is 22.9 Å². The van der Waals surface area contributed by atoms with Crippen molar-refractivity contribution in [3.8, 4) is 0 Å². The standard InChI is InChI=1S/C11H15ClN4S/c1-2-4-13-6-11-14-8-16(15-11)7-10-9(12)3-5-17-10/h3,5,8,13H,2,4,6-7H2,1H3. The van der Waals surface area contributed by atoms with E-state index in [1.54, 1.807) is 17.7 Å². The van der Waals surface area contributed by atoms with Gasteiger partial charge < -0.3 is 5.32 Å². The van der Waals surface area contributed by atoms with Gasteiger partial charge in [0.1, 0.15) is 6.33 Å². The van der Waals surface area contributed by atoms with E-state index in [0.29, 0.717) is 6.54 Å². The molecule has 1 N–H and O–H groups in total. The summed E-state index contributed by atoms with van der Waals surface area (Å²) >= 11 is 7.67. The number of hydrogen-bond acceptors (Lipinski definition) is 4. The van der Waals surface area contributed by atoms with Gasteiger partial charge in [-0.2, -0.15) is 5.10 Å². The fourth-order valence-corrected chi connectivity index (χ4v) is 2.54. The molecule has 6 heteroatoms. The Balaban J connectivity index is 1.92. The molecule has 0 radical (unpaired) electrons. The Kier molecular flexibility index (Phi) is 4.53. The first kappa shape index (κ1) is 12.5. The summed E-state index contributed by atoms with van der Waals surface area (Å²) < 4.78 is 1.82. The molecule has 2 aromatic rings. The van der Waals surface area contributed by atoms with E-state index in [1.807, 2.05) is 16.1 Å². The van der Waals surface area contributed by atoms with Crippen molar-refractivity contribution in [2.45, 2.75) is 26.4 Å². The average molecular weight is 271 g/mol. The average Bonchev–Trinajstić information content (AvgIpc) is 2.91. The van der Waals surface area contributed by atoms with Crippen LogP contribution in [-0.4, -0.2) is 21.3 Å². The van der Waals surface area contributed by atoms with Gasteiger partial charge in [-0.05, 0) is 24.4 Å². The van der Waals surface area contributed by atoms with Gasteiger partial charge in [0.2, 0.25) is 0 Å². The summed E-state index contributed by atoms with van der Waals surface area (Å²) in [4.78, 5) is 5.36. The Morgan fingerprint density at radius 2 is 2.41 bits per heavy atom. The molecule has 0 saturated carbocycles. The first-order chi connectivity index (χ1) is 8.29. The second-order valence-electron chi connectivity index (χ2n) is 3.73. The highest BCUT2D eigenvalue weighted by Crippen LogP contribution is 2.22. The van der Waals surface area contributed by atoms with Crippen LogP contribution in [0.3, 0.4) is 0 Å². The van der Waals surface area contributed by atoms with Crippen LogP contribution < -0.4 is 5.32 Å². The molecule has 0 aromatic carbocycles. The van der Waals surface area contributed by atoms with E-state index in [4.69, 9.17) is 11.6 Å². The first-order valence-electron chi connectivity index (χ1n) is 5.60. The Morgan fingerprint density at radius 3 is 3.12 bits per heavy atom. The van der Waals surface area contributed by atoms with Gasteiger partial charge in [0.05, 0.1) is 18.1 Å². The Hall–Kier alpha value is -0.910. The number of thiophene rings is 1. The molecule has 2 rings (SSSR count). The monoisotopic (exact) mass is 270 g/mol. The highest BCUT2D eigenvalue weighted by Gasteiger charge is 2.05. The molecule has 0 atom stereocenters. The quantitative estimate of drug-likeness (QED) is 0.821. The van der Waals surface area contributed by atoms with Gasteiger partial charge in [-0.25, -0.2) is 9.67 Å². The predicted molar refractivity (Wildman–Crippen MR) is 70.5 cm³/mol. The molecule has 0 bridgehead atoms. The lowest BCUT2D eigenvalue weighted by molar-refractivity contribution is 0.627. The normalized spacial score (nSPS) is 10.9. The van der Waals surface area contributed by atoms with E-state index >= 15 is 0 Å². The number of rotatable bonds is 6. The molecule has 0 aliphatic rings. The lowest BCUT2D eigenvalue weighted by Gasteiger charge is -1.99. The summed E-state index contributed by atoms with van der Waals surface area (Å²) in [5.74, 6) is 0.825. The number of nitrogens with zero attached hydrogens (tertiary/aromatic N) is 3. The van der Waals surface area contributed by atoms with E-state index in [2.05, 4.69) is 22.3 Å². The molecule has 17 heavy (non-hydrogen) atoms. The highest BCUT2D eigenvalue weighted by atomic mass is 35.5. The van der Waals surface area contributed by atoms with Crippen molar-refractivity contribution in [2.75, 3.05) is 6.54 Å². The summed E-state index contributed by atoms with van der Waals surface area (Å²) in [5, 5.41) is 10.4. The van der Waals surface area contributed by atoms with E-state index in [9.17, 15) is 0 Å². The molecule has 0 aliphatic carbocycles. The van der Waals surface area contributed by atoms with Crippen LogP contribution in [0.5, 0.6) is 0 Å². The largest absolute Gasteiger partial charge is 0.310 e. The molecular weight excluding hydrogens is 256 g/mol. The van der Waals surface area contributed by atoms with Crippen molar-refractivity contribution in [1.29, 1.82) is 0 Å². The zero-order chi connectivity index (χ0) is 12.1. The lowest BCUT2D eigenvalue weighted by Crippen LogP contribution is -2.15. The summed E-state index contributed by atoms with van der Waals surface area (Å²) in [6, 6.07) is 1.90. The van der Waals surface area contributed by atoms with Gasteiger partial charge in [-0.15, -0.1) is 11.3 Å². The molecule has 0 saturated heterocycles. The number of nitrogens with one attached hydrogen (secondary N) is 1. The molecule has 2 aromatic heterocycles. The maximum atomic E-state index is 6.04. The molecule has 4 nitrogen and oxygen atoms in total. The zero-order valence-corrected chi connectivity index (χ0v) is 11.3. The van der Waals surface area contributed by atoms with Crippen molar-refractivity contribution in [3.63, 3.8) is 0 Å². The Morgan fingerprint density at radius 1 is 1.53 bits per heavy atom. The lowest BCUT2D eigenvalue weighted by atomic mass is 10.4. The fourth-order valence-electron chi connectivity index (χ4n) is 1.45. The second kappa shape index (κ2) is 6.14. The summed E-state index contributed by atoms with van der Waals surface area (Å²) in [7, 11) is 0. The van der Waals surface area contributed by atoms with Crippen molar-refractivity contribution >= 4 is 22.9 Å². The SMILES string of the molecule is CCCNCc1ncn(Cc2sccc2Cl)n1. The summed E-state index contributed by atoms with van der Waals surface area (Å²) in [5.41, 5.74) is 0. The molecule has 2 heterocycles. The van der Waals surface area contributed by atoms with Crippen molar-refractivity contribution in [1.82, 2.24) is 20.1 Å². The molecular formula is C11H15ClN4S. The number of hydrogen-bond donors (Lipinski definition) is 1. The van der Waals surface area contributed by atoms with E-state index in [1.165, 1.54) is 0 Å². The van der Waals surface area contributed by atoms with Crippen LogP contribution in [0.2, 0.25) is 5.02 Å². The Labute approximate surface area is 110 Å². The predicted octanol–water partition coefficient (Wildman–Crippen LogP) is 2.54. The Bertz CT molecular complexity index is 465. The number of aromatic nitrogens is 3. The smallest absolute Gasteiger partial charge is 0.164 e. The van der Waals surface area contributed by atoms with E-state index in [-0.39, 0.29) is 0 Å². The minimum Gasteiger partial charge on any atom is -0.310 e. The molecule has 0 spiro atoms. The van der Waals surface area contributed by atoms with Gasteiger partial charge in [-0.1, -0.05) is 18.5 Å². The molecule has 0 fully saturated rings. The topological polar surface area (TPSA) is 42.7 Å². The first-order valence-corrected chi connectivity index (χ1v) is 6.86. The van der Waals surface area contributed by atoms with Crippen LogP contribution in [-0.2, 0) is 13.1 Å². The van der Waals surface area contributed by atoms with Crippen LogP contribution in [0.4, 0.5) is 0 Å². The fraction of sp³-hybridized carbons (Fsp3) is 0.455. The van der Waals surface area contributed by atoms with Crippen LogP contribution in [0.15, 0.2) is 17.8 Å². The van der Waals surface area contributed by atoms with Gasteiger partial charge in [-0.3, -0.25) is 0 Å². The highest BCUT2D eigenvalue weighted by molar-refractivity contribution is 7.10. The van der Waals surface area contributed by atoms with Gasteiger partial charge >= 0.3 is 0 Å². The minimum absolute atomic E-state index is 0.692. The van der Waals surface area contributed by atoms with Crippen LogP contribution in [0.25, 0.3) is 0 Å². The maximum absolute atomic E-state index is 6.04. The minimum atomic E-state index is 0.692. The van der Waals surface area contributed by atoms with E-state index in [0.717, 1.165) is 35.2 Å². The third-order valence-corrected chi connectivity index (χ3v) is 3.66. The zero-order valence-electron chi connectivity index (χ0n) is 9.69. The van der Waals surface area contributed by atoms with Crippen molar-refractivity contribution in [3.05, 3.63) is 33.5 Å². The third kappa shape index (κ3) is 3.52. The molecule has 92 valence electrons.